The largest absolute Gasteiger partial charge is 0.492 e. The number of nitrogens with zero attached hydrogens (tertiary/aromatic N) is 5. The van der Waals surface area contributed by atoms with Crippen molar-refractivity contribution in [3.05, 3.63) is 67.0 Å². The Labute approximate surface area is 206 Å². The Kier molecular flexibility index (Phi) is 7.02. The number of nitrogens with one attached hydrogen (secondary N) is 2. The molecule has 0 radical (unpaired) electrons. The lowest BCUT2D eigenvalue weighted by atomic mass is 10.1. The summed E-state index contributed by atoms with van der Waals surface area (Å²) in [6.07, 6.45) is 3.63. The van der Waals surface area contributed by atoms with E-state index < -0.39 is 0 Å². The molecule has 1 aliphatic heterocycles. The van der Waals surface area contributed by atoms with Gasteiger partial charge in [0, 0.05) is 67.4 Å². The Balaban J connectivity index is 1.33. The molecule has 2 aromatic carbocycles. The molecule has 4 aromatic rings. The monoisotopic (exact) mass is 469 g/mol. The molecule has 35 heavy (non-hydrogen) atoms. The summed E-state index contributed by atoms with van der Waals surface area (Å²) in [5.74, 6) is 1.39. The minimum Gasteiger partial charge on any atom is -0.492 e. The van der Waals surface area contributed by atoms with Crippen LogP contribution in [0.25, 0.3) is 22.2 Å². The van der Waals surface area contributed by atoms with E-state index in [0.717, 1.165) is 66.3 Å². The van der Waals surface area contributed by atoms with Gasteiger partial charge in [-0.2, -0.15) is 0 Å². The van der Waals surface area contributed by atoms with Gasteiger partial charge < -0.3 is 25.2 Å². The van der Waals surface area contributed by atoms with E-state index in [4.69, 9.17) is 9.72 Å². The average molecular weight is 470 g/mol. The highest BCUT2D eigenvalue weighted by atomic mass is 16.5. The van der Waals surface area contributed by atoms with Gasteiger partial charge in [0.1, 0.15) is 17.9 Å². The molecule has 5 rings (SSSR count). The zero-order valence-corrected chi connectivity index (χ0v) is 20.2. The molecule has 0 atom stereocenters. The third kappa shape index (κ3) is 5.67. The normalized spacial score (nSPS) is 13.9. The highest BCUT2D eigenvalue weighted by molar-refractivity contribution is 5.91. The number of likely N-dealkylation sites (N-methyl/N-ethyl adjacent to an activating group) is 1. The summed E-state index contributed by atoms with van der Waals surface area (Å²) in [4.78, 5) is 18.4. The number of piperazine rings is 1. The molecule has 3 heterocycles. The molecule has 0 bridgehead atoms. The van der Waals surface area contributed by atoms with Gasteiger partial charge in [-0.15, -0.1) is 0 Å². The third-order valence-corrected chi connectivity index (χ3v) is 6.04. The van der Waals surface area contributed by atoms with Crippen LogP contribution in [0.3, 0.4) is 0 Å². The number of hydrogen-bond donors (Lipinski definition) is 2. The number of hydrogen-bond acceptors (Lipinski definition) is 8. The third-order valence-electron chi connectivity index (χ3n) is 6.04. The topological polar surface area (TPSA) is 78.4 Å². The number of fused-ring (bicyclic) bond motifs is 1. The van der Waals surface area contributed by atoms with Crippen LogP contribution in [0.2, 0.25) is 0 Å². The first-order valence-electron chi connectivity index (χ1n) is 12.0. The van der Waals surface area contributed by atoms with E-state index in [1.165, 1.54) is 5.69 Å². The second-order valence-electron chi connectivity index (χ2n) is 8.88. The van der Waals surface area contributed by atoms with Crippen LogP contribution in [0.4, 0.5) is 17.3 Å². The maximum Gasteiger partial charge on any atom is 0.227 e. The maximum atomic E-state index is 5.82. The van der Waals surface area contributed by atoms with Crippen LogP contribution in [0.1, 0.15) is 0 Å². The predicted molar refractivity (Wildman–Crippen MR) is 142 cm³/mol. The molecule has 0 aliphatic carbocycles. The van der Waals surface area contributed by atoms with Crippen molar-refractivity contribution in [3.63, 3.8) is 0 Å². The van der Waals surface area contributed by atoms with Gasteiger partial charge in [-0.25, -0.2) is 9.97 Å². The summed E-state index contributed by atoms with van der Waals surface area (Å²) in [7, 11) is 4.07. The van der Waals surface area contributed by atoms with E-state index in [1.807, 2.05) is 50.6 Å². The summed E-state index contributed by atoms with van der Waals surface area (Å²) < 4.78 is 5.82. The smallest absolute Gasteiger partial charge is 0.227 e. The number of pyridine rings is 1. The average Bonchev–Trinajstić information content (AvgIpc) is 2.89. The second kappa shape index (κ2) is 10.7. The summed E-state index contributed by atoms with van der Waals surface area (Å²) in [6.45, 7) is 5.62. The van der Waals surface area contributed by atoms with Crippen molar-refractivity contribution in [1.82, 2.24) is 25.2 Å². The minimum absolute atomic E-state index is 0.547. The van der Waals surface area contributed by atoms with Gasteiger partial charge in [0.15, 0.2) is 0 Å². The van der Waals surface area contributed by atoms with Gasteiger partial charge in [0.05, 0.1) is 5.69 Å². The molecular formula is C27H31N7O. The molecule has 8 nitrogen and oxygen atoms in total. The van der Waals surface area contributed by atoms with Crippen molar-refractivity contribution in [2.45, 2.75) is 0 Å². The Morgan fingerprint density at radius 1 is 0.971 bits per heavy atom. The quantitative estimate of drug-likeness (QED) is 0.404. The van der Waals surface area contributed by atoms with Crippen molar-refractivity contribution in [3.8, 4) is 17.0 Å². The molecule has 1 fully saturated rings. The molecule has 2 aromatic heterocycles. The number of rotatable bonds is 8. The van der Waals surface area contributed by atoms with Gasteiger partial charge in [0.2, 0.25) is 5.95 Å². The van der Waals surface area contributed by atoms with Crippen molar-refractivity contribution in [2.24, 2.45) is 0 Å². The first-order valence-corrected chi connectivity index (χ1v) is 12.0. The van der Waals surface area contributed by atoms with Gasteiger partial charge in [0.25, 0.3) is 0 Å². The molecule has 0 spiro atoms. The van der Waals surface area contributed by atoms with Crippen LogP contribution in [0.15, 0.2) is 67.0 Å². The first kappa shape index (κ1) is 23.0. The van der Waals surface area contributed by atoms with E-state index in [2.05, 4.69) is 54.7 Å². The number of aromatic nitrogens is 3. The molecule has 2 N–H and O–H groups in total. The summed E-state index contributed by atoms with van der Waals surface area (Å²) in [5, 5.41) is 7.68. The Bertz CT molecular complexity index is 1250. The summed E-state index contributed by atoms with van der Waals surface area (Å²) >= 11 is 0. The molecule has 8 heteroatoms. The van der Waals surface area contributed by atoms with Gasteiger partial charge in [-0.05, 0) is 68.7 Å². The first-order chi connectivity index (χ1) is 17.2. The van der Waals surface area contributed by atoms with Crippen molar-refractivity contribution >= 4 is 28.2 Å². The Hall–Kier alpha value is -3.75. The lowest BCUT2D eigenvalue weighted by molar-refractivity contribution is 0.261. The van der Waals surface area contributed by atoms with Crippen LogP contribution in [-0.2, 0) is 0 Å². The van der Waals surface area contributed by atoms with Crippen LogP contribution in [0.5, 0.6) is 5.75 Å². The van der Waals surface area contributed by atoms with Gasteiger partial charge in [-0.1, -0.05) is 0 Å². The van der Waals surface area contributed by atoms with E-state index >= 15 is 0 Å². The van der Waals surface area contributed by atoms with Crippen LogP contribution in [-0.4, -0.2) is 73.3 Å². The molecular weight excluding hydrogens is 438 g/mol. The fourth-order valence-electron chi connectivity index (χ4n) is 4.09. The minimum atomic E-state index is 0.547. The second-order valence-corrected chi connectivity index (χ2v) is 8.88. The molecule has 1 aliphatic rings. The molecule has 180 valence electrons. The Morgan fingerprint density at radius 2 is 1.74 bits per heavy atom. The van der Waals surface area contributed by atoms with Crippen molar-refractivity contribution in [1.29, 1.82) is 0 Å². The van der Waals surface area contributed by atoms with Crippen LogP contribution in [0, 0.1) is 0 Å². The molecule has 0 unspecified atom stereocenters. The number of anilines is 3. The van der Waals surface area contributed by atoms with Crippen molar-refractivity contribution in [2.75, 3.05) is 63.6 Å². The maximum absolute atomic E-state index is 5.82. The van der Waals surface area contributed by atoms with Gasteiger partial charge >= 0.3 is 0 Å². The fraction of sp³-hybridized carbons (Fsp3) is 0.296. The van der Waals surface area contributed by atoms with E-state index in [-0.39, 0.29) is 0 Å². The van der Waals surface area contributed by atoms with E-state index in [9.17, 15) is 0 Å². The number of ether oxygens (including phenoxy) is 1. The lowest BCUT2D eigenvalue weighted by Crippen LogP contribution is -2.43. The number of benzene rings is 2. The standard InChI is InChI=1S/C27H31N7O/c1-33(2)17-18-35-24-9-3-20(4-10-24)25-26-21(11-12-29-25)19-30-27(32-26)31-22-5-7-23(8-6-22)34-15-13-28-14-16-34/h3-12,19,28H,13-18H2,1-2H3,(H,30,31,32). The summed E-state index contributed by atoms with van der Waals surface area (Å²) in [5.41, 5.74) is 4.80. The zero-order chi connectivity index (χ0) is 24.0. The van der Waals surface area contributed by atoms with Crippen LogP contribution < -0.4 is 20.3 Å². The predicted octanol–water partition coefficient (Wildman–Crippen LogP) is 3.79. The highest BCUT2D eigenvalue weighted by Gasteiger charge is 2.12. The zero-order valence-electron chi connectivity index (χ0n) is 20.2. The van der Waals surface area contributed by atoms with Crippen LogP contribution >= 0.6 is 0 Å². The lowest BCUT2D eigenvalue weighted by Gasteiger charge is -2.29. The SMILES string of the molecule is CN(C)CCOc1ccc(-c2nccc3cnc(Nc4ccc(N5CCNCC5)cc4)nc23)cc1. The molecule has 0 saturated carbocycles. The van der Waals surface area contributed by atoms with Crippen molar-refractivity contribution < 1.29 is 4.74 Å². The summed E-state index contributed by atoms with van der Waals surface area (Å²) in [6, 6.07) is 18.4. The van der Waals surface area contributed by atoms with Gasteiger partial charge in [-0.3, -0.25) is 4.98 Å². The molecule has 1 saturated heterocycles. The highest BCUT2D eigenvalue weighted by Crippen LogP contribution is 2.28. The molecule has 0 amide bonds. The Morgan fingerprint density at radius 3 is 2.49 bits per heavy atom. The van der Waals surface area contributed by atoms with E-state index in [1.54, 1.807) is 6.20 Å². The van der Waals surface area contributed by atoms with E-state index in [0.29, 0.717) is 12.6 Å². The fourth-order valence-corrected chi connectivity index (χ4v) is 4.09.